The summed E-state index contributed by atoms with van der Waals surface area (Å²) < 4.78 is 1.81. The number of hydrogen-bond donors (Lipinski definition) is 2. The number of benzene rings is 2. The molecule has 3 aromatic heterocycles. The molecule has 7 heteroatoms. The number of para-hydroxylation sites is 1. The lowest BCUT2D eigenvalue weighted by atomic mass is 10.1. The molecule has 0 saturated carbocycles. The van der Waals surface area contributed by atoms with Gasteiger partial charge >= 0.3 is 5.97 Å². The van der Waals surface area contributed by atoms with Crippen LogP contribution in [0.2, 0.25) is 0 Å². The highest BCUT2D eigenvalue weighted by atomic mass is 16.4. The Hall–Kier alpha value is -4.13. The zero-order valence-corrected chi connectivity index (χ0v) is 16.5. The van der Waals surface area contributed by atoms with Crippen molar-refractivity contribution in [2.45, 2.75) is 0 Å². The summed E-state index contributed by atoms with van der Waals surface area (Å²) in [5.74, 6) is -0.987. The van der Waals surface area contributed by atoms with Crippen LogP contribution >= 0.6 is 0 Å². The van der Waals surface area contributed by atoms with E-state index >= 15 is 0 Å². The van der Waals surface area contributed by atoms with E-state index in [9.17, 15) is 9.90 Å². The lowest BCUT2D eigenvalue weighted by Gasteiger charge is -2.19. The number of rotatable bonds is 4. The van der Waals surface area contributed by atoms with Crippen molar-refractivity contribution >= 4 is 39.3 Å². The highest BCUT2D eigenvalue weighted by Crippen LogP contribution is 2.33. The lowest BCUT2D eigenvalue weighted by Crippen LogP contribution is -2.08. The molecule has 0 aliphatic heterocycles. The van der Waals surface area contributed by atoms with Crippen LogP contribution in [0, 0.1) is 0 Å². The van der Waals surface area contributed by atoms with Crippen LogP contribution in [0.25, 0.3) is 33.3 Å². The molecule has 0 unspecified atom stereocenters. The van der Waals surface area contributed by atoms with Gasteiger partial charge < -0.3 is 15.0 Å². The number of carboxylic acid groups (broad SMARTS) is 1. The first-order valence-electron chi connectivity index (χ1n) is 9.50. The Balaban J connectivity index is 1.63. The van der Waals surface area contributed by atoms with E-state index in [1.54, 1.807) is 0 Å². The van der Waals surface area contributed by atoms with Crippen molar-refractivity contribution in [3.05, 3.63) is 72.4 Å². The molecule has 0 bridgehead atoms. The molecular weight excluding hydrogens is 378 g/mol. The van der Waals surface area contributed by atoms with Crippen LogP contribution in [0.1, 0.15) is 10.4 Å². The van der Waals surface area contributed by atoms with Gasteiger partial charge in [0.2, 0.25) is 0 Å². The van der Waals surface area contributed by atoms with Crippen molar-refractivity contribution in [1.29, 1.82) is 0 Å². The van der Waals surface area contributed by atoms with E-state index in [1.165, 1.54) is 12.3 Å². The van der Waals surface area contributed by atoms with Crippen molar-refractivity contribution < 1.29 is 9.90 Å². The fourth-order valence-corrected chi connectivity index (χ4v) is 3.85. The van der Waals surface area contributed by atoms with Gasteiger partial charge in [-0.05, 0) is 42.5 Å². The Morgan fingerprint density at radius 1 is 1.03 bits per heavy atom. The molecule has 0 aliphatic rings. The number of carbonyl (C=O) groups is 1. The van der Waals surface area contributed by atoms with Gasteiger partial charge in [-0.25, -0.2) is 4.79 Å². The number of pyridine rings is 1. The minimum absolute atomic E-state index is 0.199. The second-order valence-electron chi connectivity index (χ2n) is 7.18. The van der Waals surface area contributed by atoms with Crippen LogP contribution in [0.5, 0.6) is 0 Å². The van der Waals surface area contributed by atoms with Gasteiger partial charge in [-0.2, -0.15) is 5.10 Å². The third kappa shape index (κ3) is 2.79. The first-order chi connectivity index (χ1) is 14.5. The number of H-pyrrole nitrogens is 1. The predicted molar refractivity (Wildman–Crippen MR) is 117 cm³/mol. The van der Waals surface area contributed by atoms with Gasteiger partial charge in [-0.3, -0.25) is 9.67 Å². The van der Waals surface area contributed by atoms with E-state index < -0.39 is 5.97 Å². The van der Waals surface area contributed by atoms with Gasteiger partial charge in [0.1, 0.15) is 0 Å². The number of anilines is 2. The molecule has 0 radical (unpaired) electrons. The Morgan fingerprint density at radius 2 is 1.83 bits per heavy atom. The molecule has 0 saturated heterocycles. The summed E-state index contributed by atoms with van der Waals surface area (Å²) in [5, 5.41) is 15.1. The zero-order chi connectivity index (χ0) is 20.8. The van der Waals surface area contributed by atoms with E-state index in [-0.39, 0.29) is 5.56 Å². The van der Waals surface area contributed by atoms with E-state index in [0.717, 1.165) is 33.7 Å². The Labute approximate surface area is 172 Å². The minimum atomic E-state index is -0.987. The molecule has 30 heavy (non-hydrogen) atoms. The lowest BCUT2D eigenvalue weighted by molar-refractivity contribution is 0.0698. The smallest absolute Gasteiger partial charge is 0.337 e. The third-order valence-electron chi connectivity index (χ3n) is 5.36. The first-order valence-corrected chi connectivity index (χ1v) is 9.50. The molecule has 0 atom stereocenters. The quantitative estimate of drug-likeness (QED) is 0.463. The van der Waals surface area contributed by atoms with Crippen LogP contribution in [0.4, 0.5) is 11.4 Å². The summed E-state index contributed by atoms with van der Waals surface area (Å²) in [7, 11) is 3.91. The maximum absolute atomic E-state index is 11.5. The number of hydrogen-bond acceptors (Lipinski definition) is 4. The number of nitrogens with zero attached hydrogens (tertiary/aromatic N) is 4. The maximum atomic E-state index is 11.5. The number of aromatic nitrogens is 4. The summed E-state index contributed by atoms with van der Waals surface area (Å²) in [5.41, 5.74) is 5.96. The summed E-state index contributed by atoms with van der Waals surface area (Å²) in [6, 6.07) is 19.7. The standard InChI is InChI=1S/C23H19N5O2/c1-27(14-6-4-3-5-7-14)15-8-9-16-18(12-15)26-28(2)22(16)20-13-19-21(25-20)17(23(29)30)10-11-24-19/h3-13,25H,1-2H3,(H,29,30). The number of aryl methyl sites for hydroxylation is 1. The van der Waals surface area contributed by atoms with E-state index in [1.807, 2.05) is 49.1 Å². The van der Waals surface area contributed by atoms with Gasteiger partial charge in [0, 0.05) is 37.1 Å². The molecule has 5 aromatic rings. The topological polar surface area (TPSA) is 87.0 Å². The summed E-state index contributed by atoms with van der Waals surface area (Å²) in [6.07, 6.45) is 1.51. The number of carboxylic acids is 1. The molecule has 148 valence electrons. The van der Waals surface area contributed by atoms with Crippen molar-refractivity contribution in [3.8, 4) is 11.4 Å². The monoisotopic (exact) mass is 397 g/mol. The van der Waals surface area contributed by atoms with Gasteiger partial charge in [0.05, 0.1) is 33.5 Å². The summed E-state index contributed by atoms with van der Waals surface area (Å²) in [4.78, 5) is 21.2. The molecule has 0 amide bonds. The molecule has 0 fully saturated rings. The number of fused-ring (bicyclic) bond motifs is 2. The van der Waals surface area contributed by atoms with E-state index in [2.05, 4.69) is 44.2 Å². The minimum Gasteiger partial charge on any atom is -0.478 e. The Morgan fingerprint density at radius 3 is 2.60 bits per heavy atom. The van der Waals surface area contributed by atoms with Crippen molar-refractivity contribution in [3.63, 3.8) is 0 Å². The van der Waals surface area contributed by atoms with Crippen LogP contribution in [0.15, 0.2) is 66.9 Å². The van der Waals surface area contributed by atoms with E-state index in [0.29, 0.717) is 11.0 Å². The molecule has 7 nitrogen and oxygen atoms in total. The highest BCUT2D eigenvalue weighted by molar-refractivity contribution is 6.03. The molecule has 2 N–H and O–H groups in total. The Kier molecular flexibility index (Phi) is 4.03. The molecule has 2 aromatic carbocycles. The van der Waals surface area contributed by atoms with Gasteiger partial charge in [0.25, 0.3) is 0 Å². The number of aromatic carboxylic acids is 1. The fraction of sp³-hybridized carbons (Fsp3) is 0.0870. The van der Waals surface area contributed by atoms with Crippen LogP contribution in [0.3, 0.4) is 0 Å². The molecule has 3 heterocycles. The highest BCUT2D eigenvalue weighted by Gasteiger charge is 2.18. The van der Waals surface area contributed by atoms with Gasteiger partial charge in [-0.15, -0.1) is 0 Å². The number of nitrogens with one attached hydrogen (secondary N) is 1. The summed E-state index contributed by atoms with van der Waals surface area (Å²) >= 11 is 0. The average molecular weight is 397 g/mol. The molecular formula is C23H19N5O2. The van der Waals surface area contributed by atoms with Crippen LogP contribution < -0.4 is 4.90 Å². The number of aromatic amines is 1. The average Bonchev–Trinajstić information content (AvgIpc) is 3.32. The van der Waals surface area contributed by atoms with Crippen LogP contribution in [-0.4, -0.2) is 37.9 Å². The van der Waals surface area contributed by atoms with Gasteiger partial charge in [0.15, 0.2) is 0 Å². The molecule has 0 aliphatic carbocycles. The molecule has 0 spiro atoms. The SMILES string of the molecule is CN(c1ccccc1)c1ccc2c(-c3cc4nccc(C(=O)O)c4[nH]3)n(C)nc2c1. The normalized spacial score (nSPS) is 11.3. The van der Waals surface area contributed by atoms with Gasteiger partial charge in [-0.1, -0.05) is 18.2 Å². The third-order valence-corrected chi connectivity index (χ3v) is 5.36. The summed E-state index contributed by atoms with van der Waals surface area (Å²) in [6.45, 7) is 0. The predicted octanol–water partition coefficient (Wildman–Crippen LogP) is 4.58. The first kappa shape index (κ1) is 17.9. The molecule has 5 rings (SSSR count). The fourth-order valence-electron chi connectivity index (χ4n) is 3.85. The second-order valence-corrected chi connectivity index (χ2v) is 7.18. The van der Waals surface area contributed by atoms with Crippen molar-refractivity contribution in [2.75, 3.05) is 11.9 Å². The Bertz CT molecular complexity index is 1400. The van der Waals surface area contributed by atoms with Crippen molar-refractivity contribution in [1.82, 2.24) is 19.7 Å². The van der Waals surface area contributed by atoms with Crippen LogP contribution in [-0.2, 0) is 7.05 Å². The maximum Gasteiger partial charge on any atom is 0.337 e. The second kappa shape index (κ2) is 6.73. The van der Waals surface area contributed by atoms with Crippen molar-refractivity contribution in [2.24, 2.45) is 7.05 Å². The zero-order valence-electron chi connectivity index (χ0n) is 16.5. The van der Waals surface area contributed by atoms with E-state index in [4.69, 9.17) is 0 Å². The largest absolute Gasteiger partial charge is 0.478 e.